The highest BCUT2D eigenvalue weighted by Crippen LogP contribution is 1.83. The van der Waals surface area contributed by atoms with Gasteiger partial charge in [-0.2, -0.15) is 0 Å². The van der Waals surface area contributed by atoms with Crippen LogP contribution < -0.4 is 0 Å². The maximum atomic E-state index is 8.55. The molecule has 0 unspecified atom stereocenters. The van der Waals surface area contributed by atoms with Crippen LogP contribution in [-0.2, 0) is 0 Å². The fraction of sp³-hybridized carbons (Fsp3) is 1.00. The molecule has 1 N–H and O–H groups in total. The van der Waals surface area contributed by atoms with Crippen LogP contribution in [0.1, 0.15) is 6.92 Å². The standard InChI is InChI=1S/C3H10B2O/c1-3(6)2-5-4/h3,5-6H,2,4H2,1H3/t3-/m1/s1. The number of hydrogen-bond acceptors (Lipinski definition) is 1. The Balaban J connectivity index is 2.63. The molecular formula is C3H10B2O. The zero-order valence-electron chi connectivity index (χ0n) is 4.44. The van der Waals surface area contributed by atoms with E-state index in [4.69, 9.17) is 5.11 Å². The van der Waals surface area contributed by atoms with Gasteiger partial charge in [0.2, 0.25) is 0 Å². The molecule has 0 spiro atoms. The molecule has 0 amide bonds. The van der Waals surface area contributed by atoms with Gasteiger partial charge in [-0.3, -0.25) is 0 Å². The van der Waals surface area contributed by atoms with Crippen molar-refractivity contribution in [1.29, 1.82) is 0 Å². The fourth-order valence-corrected chi connectivity index (χ4v) is 0.418. The highest BCUT2D eigenvalue weighted by atomic mass is 16.3. The Hall–Kier alpha value is 0.0899. The van der Waals surface area contributed by atoms with Crippen LogP contribution in [0.3, 0.4) is 0 Å². The van der Waals surface area contributed by atoms with E-state index in [0.717, 1.165) is 13.5 Å². The van der Waals surface area contributed by atoms with Gasteiger partial charge in [0.1, 0.15) is 0 Å². The van der Waals surface area contributed by atoms with Crippen molar-refractivity contribution in [2.24, 2.45) is 0 Å². The van der Waals surface area contributed by atoms with Crippen molar-refractivity contribution in [1.82, 2.24) is 0 Å². The topological polar surface area (TPSA) is 20.2 Å². The van der Waals surface area contributed by atoms with E-state index in [9.17, 15) is 0 Å². The van der Waals surface area contributed by atoms with E-state index in [2.05, 4.69) is 7.74 Å². The third-order valence-corrected chi connectivity index (χ3v) is 0.706. The predicted molar refractivity (Wildman–Crippen MR) is 32.2 cm³/mol. The second-order valence-corrected chi connectivity index (χ2v) is 1.64. The van der Waals surface area contributed by atoms with Gasteiger partial charge in [-0.25, -0.2) is 0 Å². The van der Waals surface area contributed by atoms with Crippen molar-refractivity contribution in [2.75, 3.05) is 0 Å². The summed E-state index contributed by atoms with van der Waals surface area (Å²) in [5.74, 6) is 0. The number of hydrogen-bond donors (Lipinski definition) is 1. The Morgan fingerprint density at radius 3 is 2.50 bits per heavy atom. The van der Waals surface area contributed by atoms with E-state index in [1.165, 1.54) is 0 Å². The van der Waals surface area contributed by atoms with Crippen molar-refractivity contribution in [3.63, 3.8) is 0 Å². The van der Waals surface area contributed by atoms with Gasteiger partial charge in [-0.1, -0.05) is 6.32 Å². The molecule has 0 aromatic carbocycles. The first-order chi connectivity index (χ1) is 2.77. The lowest BCUT2D eigenvalue weighted by molar-refractivity contribution is 0.216. The van der Waals surface area contributed by atoms with Gasteiger partial charge in [0.15, 0.2) is 0 Å². The molecule has 0 aliphatic rings. The van der Waals surface area contributed by atoms with Crippen LogP contribution in [0, 0.1) is 0 Å². The van der Waals surface area contributed by atoms with Crippen molar-refractivity contribution in [3.05, 3.63) is 0 Å². The summed E-state index contributed by atoms with van der Waals surface area (Å²) in [5.41, 5.74) is 0. The second kappa shape index (κ2) is 3.29. The van der Waals surface area contributed by atoms with E-state index >= 15 is 0 Å². The number of rotatable bonds is 2. The van der Waals surface area contributed by atoms with E-state index in [0.29, 0.717) is 0 Å². The summed E-state index contributed by atoms with van der Waals surface area (Å²) in [6, 6.07) is 0. The van der Waals surface area contributed by atoms with Crippen LogP contribution in [0.15, 0.2) is 0 Å². The van der Waals surface area contributed by atoms with Crippen LogP contribution in [-0.4, -0.2) is 26.1 Å². The zero-order valence-corrected chi connectivity index (χ0v) is 4.44. The maximum Gasteiger partial charge on any atom is 0.0854 e. The first-order valence-corrected chi connectivity index (χ1v) is 2.45. The summed E-state index contributed by atoms with van der Waals surface area (Å²) in [7, 11) is 3.14. The average Bonchev–Trinajstić information content (AvgIpc) is 1.35. The Kier molecular flexibility index (Phi) is 3.34. The van der Waals surface area contributed by atoms with Crippen LogP contribution in [0.25, 0.3) is 0 Å². The molecule has 0 aliphatic carbocycles. The summed E-state index contributed by atoms with van der Waals surface area (Å²) in [6.45, 7) is 1.81. The molecule has 0 radical (unpaired) electrons. The molecule has 0 fully saturated rings. The molecule has 0 bridgehead atoms. The molecule has 0 heterocycles. The van der Waals surface area contributed by atoms with E-state index in [1.807, 2.05) is 6.92 Å². The van der Waals surface area contributed by atoms with Gasteiger partial charge in [-0.05, 0) is 6.92 Å². The van der Waals surface area contributed by atoms with Gasteiger partial charge in [0.05, 0.1) is 14.9 Å². The Bertz CT molecular complexity index is 30.0. The number of aliphatic hydroxyl groups excluding tert-OH is 1. The number of aliphatic hydroxyl groups is 1. The molecule has 0 saturated heterocycles. The van der Waals surface area contributed by atoms with Crippen LogP contribution in [0.5, 0.6) is 0 Å². The Morgan fingerprint density at radius 1 is 2.00 bits per heavy atom. The highest BCUT2D eigenvalue weighted by molar-refractivity contribution is 6.89. The lowest BCUT2D eigenvalue weighted by Gasteiger charge is -1.94. The molecule has 3 heteroatoms. The molecule has 0 saturated carbocycles. The molecule has 0 aromatic heterocycles. The third kappa shape index (κ3) is 4.09. The van der Waals surface area contributed by atoms with E-state index < -0.39 is 0 Å². The maximum absolute atomic E-state index is 8.55. The Labute approximate surface area is 40.4 Å². The fourth-order valence-electron chi connectivity index (χ4n) is 0.418. The quantitative estimate of drug-likeness (QED) is 0.415. The van der Waals surface area contributed by atoms with E-state index in [-0.39, 0.29) is 6.10 Å². The first kappa shape index (κ1) is 6.09. The molecule has 6 heavy (non-hydrogen) atoms. The monoisotopic (exact) mass is 84.1 g/mol. The summed E-state index contributed by atoms with van der Waals surface area (Å²) >= 11 is 0. The van der Waals surface area contributed by atoms with Crippen molar-refractivity contribution >= 4 is 14.9 Å². The molecule has 0 rings (SSSR count). The van der Waals surface area contributed by atoms with Crippen LogP contribution >= 0.6 is 0 Å². The lowest BCUT2D eigenvalue weighted by Crippen LogP contribution is -2.02. The molecule has 1 nitrogen and oxygen atoms in total. The second-order valence-electron chi connectivity index (χ2n) is 1.64. The molecule has 0 aromatic rings. The summed E-state index contributed by atoms with van der Waals surface area (Å²) in [4.78, 5) is 0. The van der Waals surface area contributed by atoms with Crippen LogP contribution in [0.2, 0.25) is 6.32 Å². The largest absolute Gasteiger partial charge is 0.394 e. The minimum absolute atomic E-state index is 0.102. The molecule has 1 atom stereocenters. The predicted octanol–water partition coefficient (Wildman–Crippen LogP) is -1.23. The van der Waals surface area contributed by atoms with Gasteiger partial charge >= 0.3 is 0 Å². The zero-order chi connectivity index (χ0) is 4.99. The highest BCUT2D eigenvalue weighted by Gasteiger charge is 1.88. The minimum Gasteiger partial charge on any atom is -0.394 e. The molecule has 34 valence electrons. The van der Waals surface area contributed by atoms with Gasteiger partial charge in [-0.15, -0.1) is 0 Å². The normalized spacial score (nSPS) is 13.7. The van der Waals surface area contributed by atoms with Crippen molar-refractivity contribution in [3.8, 4) is 0 Å². The van der Waals surface area contributed by atoms with Gasteiger partial charge in [0, 0.05) is 6.10 Å². The van der Waals surface area contributed by atoms with Gasteiger partial charge < -0.3 is 5.11 Å². The summed E-state index contributed by atoms with van der Waals surface area (Å²) in [6.07, 6.45) is 0.829. The molecular weight excluding hydrogens is 73.7 g/mol. The van der Waals surface area contributed by atoms with Crippen molar-refractivity contribution < 1.29 is 5.11 Å². The lowest BCUT2D eigenvalue weighted by atomic mass is 9.53. The van der Waals surface area contributed by atoms with Gasteiger partial charge in [0.25, 0.3) is 0 Å². The third-order valence-electron chi connectivity index (χ3n) is 0.706. The summed E-state index contributed by atoms with van der Waals surface area (Å²) in [5, 5.41) is 8.55. The molecule has 0 aliphatic heterocycles. The van der Waals surface area contributed by atoms with E-state index in [1.54, 1.807) is 0 Å². The average molecular weight is 83.7 g/mol. The minimum atomic E-state index is -0.102. The smallest absolute Gasteiger partial charge is 0.0854 e. The first-order valence-electron chi connectivity index (χ1n) is 2.45. The van der Waals surface area contributed by atoms with Crippen molar-refractivity contribution in [2.45, 2.75) is 19.3 Å². The van der Waals surface area contributed by atoms with Crippen LogP contribution in [0.4, 0.5) is 0 Å². The summed E-state index contributed by atoms with van der Waals surface area (Å²) < 4.78 is 0. The Morgan fingerprint density at radius 2 is 2.50 bits per heavy atom. The SMILES string of the molecule is BBC[C@@H](C)O.